The zero-order chi connectivity index (χ0) is 59.8. The number of unbranched alkanes of at least 4 members (excludes halogenated alkanes) is 17. The standard InChI is InChI=1S/C72H118NO8P/c1-6-8-10-12-14-16-18-20-22-24-26-28-30-31-32-33-34-35-36-37-38-39-40-41-43-45-47-49-51-53-55-57-59-61-63-65-72(75)81-70(69-80-82(76,77)79-67-66-73(3,4)5)68-78-71(74)64-62-60-58-56-54-52-50-48-46-44-42-29-27-25-23-21-19-17-15-13-11-9-7-2/h8-11,14-17,20-23,26-29,31-32,34-35,37-38,40-41,44,46,70H,6-7,12-13,18-19,24-25,30,33,36,39,42-43,45,47-69H2,1-5H3/p+1/b10-8-,11-9-,16-14-,17-15-,22-20-,23-21-,28-26-,29-27-,32-31-,35-34-,38-37-,41-40-,46-44-. The molecule has 2 unspecified atom stereocenters. The molecule has 464 valence electrons. The van der Waals surface area contributed by atoms with Crippen LogP contribution in [0.4, 0.5) is 0 Å². The summed E-state index contributed by atoms with van der Waals surface area (Å²) in [4.78, 5) is 35.8. The van der Waals surface area contributed by atoms with Crippen LogP contribution in [0.5, 0.6) is 0 Å². The molecule has 1 N–H and O–H groups in total. The molecule has 0 fully saturated rings. The van der Waals surface area contributed by atoms with Crippen molar-refractivity contribution in [1.82, 2.24) is 0 Å². The van der Waals surface area contributed by atoms with Gasteiger partial charge in [0.2, 0.25) is 0 Å². The lowest BCUT2D eigenvalue weighted by Gasteiger charge is -2.24. The maximum atomic E-state index is 12.9. The maximum Gasteiger partial charge on any atom is 0.472 e. The van der Waals surface area contributed by atoms with E-state index >= 15 is 0 Å². The number of likely N-dealkylation sites (N-methyl/N-ethyl adjacent to an activating group) is 1. The molecule has 0 amide bonds. The molecule has 0 aromatic carbocycles. The van der Waals surface area contributed by atoms with E-state index in [9.17, 15) is 19.0 Å². The van der Waals surface area contributed by atoms with Crippen LogP contribution >= 0.6 is 7.82 Å². The summed E-state index contributed by atoms with van der Waals surface area (Å²) in [6.07, 6.45) is 91.7. The van der Waals surface area contributed by atoms with E-state index in [1.165, 1.54) is 57.8 Å². The molecule has 0 aliphatic heterocycles. The second-order valence-electron chi connectivity index (χ2n) is 22.0. The lowest BCUT2D eigenvalue weighted by Crippen LogP contribution is -2.37. The first kappa shape index (κ1) is 77.6. The molecule has 2 atom stereocenters. The SMILES string of the molecule is CC/C=C\C/C=C\C/C=C\C/C=C\C/C=C\C/C=C\C/C=C\C/C=C\CCCCCCCCCCCCC(=O)OC(COC(=O)CCCCCCCCC/C=C\C/C=C\C/C=C\C/C=C\C/C=C\CC)COP(=O)(O)OCC[N+](C)(C)C. The van der Waals surface area contributed by atoms with E-state index in [-0.39, 0.29) is 32.0 Å². The molecule has 0 aliphatic carbocycles. The second kappa shape index (κ2) is 61.2. The van der Waals surface area contributed by atoms with Gasteiger partial charge in [-0.05, 0) is 122 Å². The molecule has 0 bridgehead atoms. The number of carbonyl (C=O) groups excluding carboxylic acids is 2. The number of rotatable bonds is 57. The Morgan fingerprint density at radius 1 is 0.378 bits per heavy atom. The van der Waals surface area contributed by atoms with Crippen LogP contribution in [-0.2, 0) is 32.7 Å². The lowest BCUT2D eigenvalue weighted by atomic mass is 10.0. The zero-order valence-corrected chi connectivity index (χ0v) is 53.6. The fourth-order valence-corrected chi connectivity index (χ4v) is 8.92. The molecule has 0 radical (unpaired) electrons. The highest BCUT2D eigenvalue weighted by molar-refractivity contribution is 7.47. The molecule has 10 heteroatoms. The fourth-order valence-electron chi connectivity index (χ4n) is 8.18. The first-order chi connectivity index (χ1) is 40.0. The van der Waals surface area contributed by atoms with Crippen LogP contribution in [0.3, 0.4) is 0 Å². The molecule has 9 nitrogen and oxygen atoms in total. The van der Waals surface area contributed by atoms with Crippen LogP contribution in [0.2, 0.25) is 0 Å². The number of hydrogen-bond donors (Lipinski definition) is 1. The monoisotopic (exact) mass is 1160 g/mol. The molecule has 82 heavy (non-hydrogen) atoms. The fraction of sp³-hybridized carbons (Fsp3) is 0.611. The minimum absolute atomic E-state index is 0.0203. The summed E-state index contributed by atoms with van der Waals surface area (Å²) in [5.41, 5.74) is 0. The van der Waals surface area contributed by atoms with E-state index < -0.39 is 26.5 Å². The van der Waals surface area contributed by atoms with Gasteiger partial charge in [-0.15, -0.1) is 0 Å². The molecule has 0 aliphatic rings. The van der Waals surface area contributed by atoms with Crippen LogP contribution in [0.1, 0.15) is 232 Å². The van der Waals surface area contributed by atoms with Crippen LogP contribution in [0.25, 0.3) is 0 Å². The van der Waals surface area contributed by atoms with E-state index in [0.717, 1.165) is 141 Å². The smallest absolute Gasteiger partial charge is 0.462 e. The van der Waals surface area contributed by atoms with Gasteiger partial charge >= 0.3 is 19.8 Å². The highest BCUT2D eigenvalue weighted by atomic mass is 31.2. The summed E-state index contributed by atoms with van der Waals surface area (Å²) >= 11 is 0. The largest absolute Gasteiger partial charge is 0.472 e. The maximum absolute atomic E-state index is 12.9. The normalized spacial score (nSPS) is 14.3. The molecule has 0 heterocycles. The number of ether oxygens (including phenoxy) is 2. The van der Waals surface area contributed by atoms with Crippen molar-refractivity contribution in [2.24, 2.45) is 0 Å². The van der Waals surface area contributed by atoms with Crippen molar-refractivity contribution in [2.75, 3.05) is 47.5 Å². The average Bonchev–Trinajstić information content (AvgIpc) is 3.45. The predicted octanol–water partition coefficient (Wildman–Crippen LogP) is 20.8. The third-order valence-corrected chi connectivity index (χ3v) is 14.0. The van der Waals surface area contributed by atoms with Crippen molar-refractivity contribution in [3.63, 3.8) is 0 Å². The first-order valence-electron chi connectivity index (χ1n) is 32.2. The Bertz CT molecular complexity index is 1940. The molecule has 0 aromatic rings. The van der Waals surface area contributed by atoms with Gasteiger partial charge in [0, 0.05) is 12.8 Å². The minimum Gasteiger partial charge on any atom is -0.462 e. The highest BCUT2D eigenvalue weighted by Crippen LogP contribution is 2.43. The molecule has 0 rings (SSSR count). The molecule has 0 saturated heterocycles. The Labute approximate surface area is 503 Å². The van der Waals surface area contributed by atoms with E-state index in [2.05, 4.69) is 172 Å². The Balaban J connectivity index is 4.17. The van der Waals surface area contributed by atoms with Crippen molar-refractivity contribution >= 4 is 19.8 Å². The quantitative estimate of drug-likeness (QED) is 0.0211. The number of phosphoric ester groups is 1. The number of hydrogen-bond acceptors (Lipinski definition) is 7. The summed E-state index contributed by atoms with van der Waals surface area (Å²) in [7, 11) is 1.45. The van der Waals surface area contributed by atoms with E-state index in [0.29, 0.717) is 17.4 Å². The molecule has 0 aromatic heterocycles. The molecular formula is C72H119NO8P+. The minimum atomic E-state index is -4.41. The average molecular weight is 1160 g/mol. The van der Waals surface area contributed by atoms with Crippen LogP contribution in [0, 0.1) is 0 Å². The van der Waals surface area contributed by atoms with Gasteiger partial charge in [0.05, 0.1) is 27.7 Å². The third-order valence-electron chi connectivity index (χ3n) is 13.1. The molecule has 0 spiro atoms. The summed E-state index contributed by atoms with van der Waals surface area (Å²) < 4.78 is 34.6. The van der Waals surface area contributed by atoms with Crippen molar-refractivity contribution in [3.8, 4) is 0 Å². The molecule has 0 saturated carbocycles. The topological polar surface area (TPSA) is 108 Å². The Morgan fingerprint density at radius 3 is 0.976 bits per heavy atom. The van der Waals surface area contributed by atoms with Gasteiger partial charge in [0.25, 0.3) is 0 Å². The molecular weight excluding hydrogens is 1040 g/mol. The predicted molar refractivity (Wildman–Crippen MR) is 353 cm³/mol. The Hall–Kier alpha value is -4.37. The van der Waals surface area contributed by atoms with E-state index in [4.69, 9.17) is 18.5 Å². The number of allylic oxidation sites excluding steroid dienone is 26. The summed E-state index contributed by atoms with van der Waals surface area (Å²) in [6.45, 7) is 4.17. The summed E-state index contributed by atoms with van der Waals surface area (Å²) in [5, 5.41) is 0. The van der Waals surface area contributed by atoms with Gasteiger partial charge in [0.1, 0.15) is 19.8 Å². The van der Waals surface area contributed by atoms with Crippen LogP contribution in [-0.4, -0.2) is 74.9 Å². The Morgan fingerprint density at radius 2 is 0.659 bits per heavy atom. The van der Waals surface area contributed by atoms with Gasteiger partial charge in [-0.3, -0.25) is 18.6 Å². The summed E-state index contributed by atoms with van der Waals surface area (Å²) in [6, 6.07) is 0. The summed E-state index contributed by atoms with van der Waals surface area (Å²) in [5.74, 6) is -0.825. The zero-order valence-electron chi connectivity index (χ0n) is 52.7. The van der Waals surface area contributed by atoms with Crippen molar-refractivity contribution in [2.45, 2.75) is 238 Å². The van der Waals surface area contributed by atoms with Gasteiger partial charge < -0.3 is 18.9 Å². The van der Waals surface area contributed by atoms with Gasteiger partial charge in [-0.2, -0.15) is 0 Å². The number of nitrogens with zero attached hydrogens (tertiary/aromatic N) is 1. The van der Waals surface area contributed by atoms with Crippen molar-refractivity contribution in [3.05, 3.63) is 158 Å². The van der Waals surface area contributed by atoms with Crippen LogP contribution < -0.4 is 0 Å². The number of carbonyl (C=O) groups is 2. The van der Waals surface area contributed by atoms with Crippen molar-refractivity contribution < 1.29 is 42.1 Å². The Kier molecular flexibility index (Phi) is 57.9. The number of quaternary nitrogens is 1. The van der Waals surface area contributed by atoms with Crippen LogP contribution in [0.15, 0.2) is 158 Å². The first-order valence-corrected chi connectivity index (χ1v) is 33.7. The lowest BCUT2D eigenvalue weighted by molar-refractivity contribution is -0.870. The van der Waals surface area contributed by atoms with E-state index in [1.807, 2.05) is 21.1 Å². The third kappa shape index (κ3) is 64.8. The number of esters is 2. The van der Waals surface area contributed by atoms with Crippen molar-refractivity contribution in [1.29, 1.82) is 0 Å². The van der Waals surface area contributed by atoms with Gasteiger partial charge in [-0.25, -0.2) is 4.57 Å². The number of phosphoric acid groups is 1. The van der Waals surface area contributed by atoms with Gasteiger partial charge in [-0.1, -0.05) is 255 Å². The highest BCUT2D eigenvalue weighted by Gasteiger charge is 2.27. The van der Waals surface area contributed by atoms with E-state index in [1.54, 1.807) is 0 Å². The van der Waals surface area contributed by atoms with Gasteiger partial charge in [0.15, 0.2) is 6.10 Å². The second-order valence-corrected chi connectivity index (χ2v) is 23.5.